The second-order valence-corrected chi connectivity index (χ2v) is 15.3. The standard InChI is InChI=1S/C53H32N4/c1-2-16-37(17-3-1)57-45-23-9-20-42-49(45)50-47(57)32-46(40-18-8-19-41(48(40)50)53(42)43-21-10-28-54-51(43)52-44(53)22-11-29-55-52)56(38-26-24-33-12-4-6-14-35(33)30-38)39-27-25-34-13-5-7-15-36(34)31-39/h1-32H. The maximum Gasteiger partial charge on any atom is 0.0937 e. The molecule has 3 heterocycles. The molecule has 13 rings (SSSR count). The summed E-state index contributed by atoms with van der Waals surface area (Å²) in [6.45, 7) is 0. The van der Waals surface area contributed by atoms with Gasteiger partial charge in [-0.1, -0.05) is 121 Å². The van der Waals surface area contributed by atoms with Crippen LogP contribution in [0.5, 0.6) is 0 Å². The Morgan fingerprint density at radius 2 is 0.965 bits per heavy atom. The Kier molecular flexibility index (Phi) is 6.07. The van der Waals surface area contributed by atoms with Gasteiger partial charge in [0.05, 0.1) is 33.5 Å². The van der Waals surface area contributed by atoms with E-state index in [1.165, 1.54) is 76.4 Å². The zero-order chi connectivity index (χ0) is 37.2. The summed E-state index contributed by atoms with van der Waals surface area (Å²) in [6, 6.07) is 66.9. The molecule has 0 unspecified atom stereocenters. The first-order valence-corrected chi connectivity index (χ1v) is 19.6. The fraction of sp³-hybridized carbons (Fsp3) is 0.0189. The minimum Gasteiger partial charge on any atom is -0.310 e. The molecule has 0 atom stereocenters. The van der Waals surface area contributed by atoms with Gasteiger partial charge in [0.15, 0.2) is 0 Å². The lowest BCUT2D eigenvalue weighted by atomic mass is 9.63. The Labute approximate surface area is 328 Å². The van der Waals surface area contributed by atoms with Crippen LogP contribution in [0.15, 0.2) is 194 Å². The van der Waals surface area contributed by atoms with Crippen molar-refractivity contribution < 1.29 is 0 Å². The van der Waals surface area contributed by atoms with Gasteiger partial charge in [-0.3, -0.25) is 9.97 Å². The van der Waals surface area contributed by atoms with Gasteiger partial charge in [0, 0.05) is 45.6 Å². The first kappa shape index (κ1) is 30.7. The van der Waals surface area contributed by atoms with Crippen LogP contribution in [0.2, 0.25) is 0 Å². The van der Waals surface area contributed by atoms with Crippen LogP contribution in [-0.2, 0) is 5.41 Å². The van der Waals surface area contributed by atoms with Crippen molar-refractivity contribution >= 4 is 71.2 Å². The van der Waals surface area contributed by atoms with Crippen LogP contribution in [0.25, 0.3) is 71.2 Å². The molecule has 4 heteroatoms. The molecule has 57 heavy (non-hydrogen) atoms. The maximum atomic E-state index is 5.03. The lowest BCUT2D eigenvalue weighted by Gasteiger charge is -2.38. The van der Waals surface area contributed by atoms with Gasteiger partial charge < -0.3 is 9.47 Å². The monoisotopic (exact) mass is 724 g/mol. The first-order chi connectivity index (χ1) is 28.3. The lowest BCUT2D eigenvalue weighted by Crippen LogP contribution is -2.30. The number of hydrogen-bond donors (Lipinski definition) is 0. The molecule has 0 amide bonds. The van der Waals surface area contributed by atoms with Gasteiger partial charge >= 0.3 is 0 Å². The summed E-state index contributed by atoms with van der Waals surface area (Å²) in [5.74, 6) is 0. The molecule has 11 aromatic rings. The number of nitrogens with zero attached hydrogens (tertiary/aromatic N) is 4. The van der Waals surface area contributed by atoms with E-state index in [1.807, 2.05) is 12.4 Å². The molecule has 1 spiro atoms. The predicted octanol–water partition coefficient (Wildman–Crippen LogP) is 13.2. The van der Waals surface area contributed by atoms with Crippen LogP contribution in [-0.4, -0.2) is 14.5 Å². The van der Waals surface area contributed by atoms with Crippen molar-refractivity contribution in [1.82, 2.24) is 14.5 Å². The van der Waals surface area contributed by atoms with Crippen LogP contribution < -0.4 is 4.90 Å². The largest absolute Gasteiger partial charge is 0.310 e. The van der Waals surface area contributed by atoms with Crippen molar-refractivity contribution in [2.24, 2.45) is 0 Å². The van der Waals surface area contributed by atoms with Crippen molar-refractivity contribution in [1.29, 1.82) is 0 Å². The number of benzene rings is 8. The van der Waals surface area contributed by atoms with Crippen molar-refractivity contribution in [3.8, 4) is 17.1 Å². The Morgan fingerprint density at radius 3 is 1.61 bits per heavy atom. The van der Waals surface area contributed by atoms with Gasteiger partial charge in [-0.15, -0.1) is 0 Å². The lowest BCUT2D eigenvalue weighted by molar-refractivity contribution is 0.779. The third-order valence-electron chi connectivity index (χ3n) is 12.6. The molecule has 0 bridgehead atoms. The van der Waals surface area contributed by atoms with E-state index in [4.69, 9.17) is 9.97 Å². The number of rotatable bonds is 4. The van der Waals surface area contributed by atoms with E-state index in [2.05, 4.69) is 191 Å². The molecule has 3 aromatic heterocycles. The van der Waals surface area contributed by atoms with Crippen molar-refractivity contribution in [3.63, 3.8) is 0 Å². The number of pyridine rings is 2. The highest BCUT2D eigenvalue weighted by Crippen LogP contribution is 2.62. The van der Waals surface area contributed by atoms with Crippen molar-refractivity contribution in [3.05, 3.63) is 217 Å². The quantitative estimate of drug-likeness (QED) is 0.181. The van der Waals surface area contributed by atoms with Gasteiger partial charge in [-0.25, -0.2) is 0 Å². The highest BCUT2D eigenvalue weighted by molar-refractivity contribution is 6.29. The summed E-state index contributed by atoms with van der Waals surface area (Å²) in [7, 11) is 0. The first-order valence-electron chi connectivity index (χ1n) is 19.6. The zero-order valence-electron chi connectivity index (χ0n) is 30.8. The second kappa shape index (κ2) is 11.2. The number of fused-ring (bicyclic) bond motifs is 9. The fourth-order valence-corrected chi connectivity index (χ4v) is 10.4. The maximum absolute atomic E-state index is 5.03. The summed E-state index contributed by atoms with van der Waals surface area (Å²) < 4.78 is 2.48. The van der Waals surface area contributed by atoms with Crippen LogP contribution in [0, 0.1) is 0 Å². The number of para-hydroxylation sites is 1. The number of anilines is 3. The summed E-state index contributed by atoms with van der Waals surface area (Å²) in [5.41, 5.74) is 13.0. The van der Waals surface area contributed by atoms with Crippen LogP contribution in [0.1, 0.15) is 22.3 Å². The van der Waals surface area contributed by atoms with Gasteiger partial charge in [0.2, 0.25) is 0 Å². The number of aromatic nitrogens is 3. The average molecular weight is 725 g/mol. The molecule has 0 saturated carbocycles. The molecule has 2 aliphatic carbocycles. The Balaban J connectivity index is 1.24. The highest BCUT2D eigenvalue weighted by atomic mass is 15.1. The smallest absolute Gasteiger partial charge is 0.0937 e. The van der Waals surface area contributed by atoms with Crippen LogP contribution >= 0.6 is 0 Å². The summed E-state index contributed by atoms with van der Waals surface area (Å²) in [5, 5.41) is 9.87. The van der Waals surface area contributed by atoms with E-state index in [-0.39, 0.29) is 0 Å². The predicted molar refractivity (Wildman–Crippen MR) is 234 cm³/mol. The summed E-state index contributed by atoms with van der Waals surface area (Å²) in [4.78, 5) is 12.5. The minimum atomic E-state index is -0.621. The third kappa shape index (κ3) is 3.96. The van der Waals surface area contributed by atoms with E-state index in [0.717, 1.165) is 34.1 Å². The van der Waals surface area contributed by atoms with Crippen molar-refractivity contribution in [2.45, 2.75) is 5.41 Å². The molecule has 0 aliphatic heterocycles. The fourth-order valence-electron chi connectivity index (χ4n) is 10.4. The average Bonchev–Trinajstić information content (AvgIpc) is 3.77. The normalized spacial score (nSPS) is 13.4. The Bertz CT molecular complexity index is 3360. The van der Waals surface area contributed by atoms with Gasteiger partial charge in [-0.05, 0) is 110 Å². The molecule has 0 N–H and O–H groups in total. The van der Waals surface area contributed by atoms with Gasteiger partial charge in [0.1, 0.15) is 0 Å². The van der Waals surface area contributed by atoms with E-state index < -0.39 is 5.41 Å². The third-order valence-corrected chi connectivity index (χ3v) is 12.6. The molecule has 0 fully saturated rings. The van der Waals surface area contributed by atoms with Crippen LogP contribution in [0.3, 0.4) is 0 Å². The van der Waals surface area contributed by atoms with Gasteiger partial charge in [0.25, 0.3) is 0 Å². The van der Waals surface area contributed by atoms with E-state index in [1.54, 1.807) is 0 Å². The van der Waals surface area contributed by atoms with Crippen molar-refractivity contribution in [2.75, 3.05) is 4.90 Å². The van der Waals surface area contributed by atoms with E-state index in [0.29, 0.717) is 0 Å². The van der Waals surface area contributed by atoms with E-state index >= 15 is 0 Å². The minimum absolute atomic E-state index is 0.621. The molecular weight excluding hydrogens is 693 g/mol. The molecule has 8 aromatic carbocycles. The van der Waals surface area contributed by atoms with Gasteiger partial charge in [-0.2, -0.15) is 0 Å². The Hall–Kier alpha value is -7.56. The molecule has 2 aliphatic rings. The second-order valence-electron chi connectivity index (χ2n) is 15.3. The molecule has 4 nitrogen and oxygen atoms in total. The summed E-state index contributed by atoms with van der Waals surface area (Å²) >= 11 is 0. The summed E-state index contributed by atoms with van der Waals surface area (Å²) in [6.07, 6.45) is 3.81. The van der Waals surface area contributed by atoms with Crippen LogP contribution in [0.4, 0.5) is 17.1 Å². The topological polar surface area (TPSA) is 34.0 Å². The Morgan fingerprint density at radius 1 is 0.404 bits per heavy atom. The zero-order valence-corrected chi connectivity index (χ0v) is 30.8. The van der Waals surface area contributed by atoms with E-state index in [9.17, 15) is 0 Å². The molecular formula is C53H32N4. The highest BCUT2D eigenvalue weighted by Gasteiger charge is 2.51. The molecule has 0 radical (unpaired) electrons. The number of hydrogen-bond acceptors (Lipinski definition) is 3. The SMILES string of the molecule is c1ccc(-n2c3cccc4c3c3c5c(cccc5c(N(c5ccc6ccccc6c5)c5ccc6ccccc6c5)cc32)C42c3cccnc3-c3ncccc32)cc1. The molecule has 264 valence electrons. The molecule has 0 saturated heterocycles.